The Balaban J connectivity index is 0.000000227. The predicted molar refractivity (Wildman–Crippen MR) is 136 cm³/mol. The zero-order valence-electron chi connectivity index (χ0n) is 18.2. The van der Waals surface area contributed by atoms with E-state index in [9.17, 15) is 9.59 Å². The third-order valence-electron chi connectivity index (χ3n) is 4.57. The molecule has 0 aliphatic rings. The SMILES string of the molecule is O.O=C(C=Cc1ccccc1)c1ccccc1.O=C(C=Cc1ccccc1)c1ccccc1. The lowest BCUT2D eigenvalue weighted by Gasteiger charge is -1.94. The van der Waals surface area contributed by atoms with Gasteiger partial charge in [0.15, 0.2) is 11.6 Å². The molecule has 33 heavy (non-hydrogen) atoms. The van der Waals surface area contributed by atoms with Crippen LogP contribution in [0.25, 0.3) is 12.2 Å². The second-order valence-electron chi connectivity index (χ2n) is 6.95. The minimum absolute atomic E-state index is 0. The van der Waals surface area contributed by atoms with Gasteiger partial charge in [0.25, 0.3) is 0 Å². The Morgan fingerprint density at radius 2 is 0.697 bits per heavy atom. The molecule has 4 aromatic carbocycles. The van der Waals surface area contributed by atoms with Gasteiger partial charge < -0.3 is 5.48 Å². The fraction of sp³-hybridized carbons (Fsp3) is 0. The first kappa shape index (κ1) is 24.9. The quantitative estimate of drug-likeness (QED) is 0.262. The highest BCUT2D eigenvalue weighted by molar-refractivity contribution is 6.07. The van der Waals surface area contributed by atoms with Crippen molar-refractivity contribution < 1.29 is 15.1 Å². The van der Waals surface area contributed by atoms with Gasteiger partial charge in [-0.2, -0.15) is 0 Å². The molecular formula is C30H26O3. The van der Waals surface area contributed by atoms with Gasteiger partial charge in [0.2, 0.25) is 0 Å². The first-order valence-electron chi connectivity index (χ1n) is 10.4. The molecule has 0 saturated carbocycles. The van der Waals surface area contributed by atoms with E-state index in [1.165, 1.54) is 0 Å². The fourth-order valence-electron chi connectivity index (χ4n) is 2.87. The van der Waals surface area contributed by atoms with Crippen molar-refractivity contribution in [3.8, 4) is 0 Å². The Morgan fingerprint density at radius 3 is 1.00 bits per heavy atom. The van der Waals surface area contributed by atoms with Crippen molar-refractivity contribution in [1.29, 1.82) is 0 Å². The minimum Gasteiger partial charge on any atom is -0.412 e. The largest absolute Gasteiger partial charge is 0.412 e. The second kappa shape index (κ2) is 13.9. The van der Waals surface area contributed by atoms with E-state index in [1.54, 1.807) is 12.2 Å². The average Bonchev–Trinajstić information content (AvgIpc) is 2.88. The lowest BCUT2D eigenvalue weighted by atomic mass is 10.1. The molecule has 0 heterocycles. The molecule has 0 spiro atoms. The minimum atomic E-state index is 0. The molecule has 0 saturated heterocycles. The Labute approximate surface area is 194 Å². The van der Waals surface area contributed by atoms with Crippen LogP contribution in [0.5, 0.6) is 0 Å². The number of ketones is 2. The van der Waals surface area contributed by atoms with Crippen LogP contribution in [0.1, 0.15) is 31.8 Å². The Bertz CT molecular complexity index is 1070. The number of rotatable bonds is 6. The summed E-state index contributed by atoms with van der Waals surface area (Å²) in [6, 6.07) is 38.1. The van der Waals surface area contributed by atoms with Crippen molar-refractivity contribution >= 4 is 23.7 Å². The van der Waals surface area contributed by atoms with E-state index in [0.717, 1.165) is 22.3 Å². The molecule has 2 N–H and O–H groups in total. The van der Waals surface area contributed by atoms with Gasteiger partial charge in [-0.05, 0) is 23.3 Å². The van der Waals surface area contributed by atoms with Gasteiger partial charge in [0, 0.05) is 11.1 Å². The van der Waals surface area contributed by atoms with Gasteiger partial charge in [0.05, 0.1) is 0 Å². The fourth-order valence-corrected chi connectivity index (χ4v) is 2.87. The van der Waals surface area contributed by atoms with Crippen LogP contribution in [0.15, 0.2) is 133 Å². The number of hydrogen-bond donors (Lipinski definition) is 0. The van der Waals surface area contributed by atoms with Gasteiger partial charge in [-0.1, -0.05) is 133 Å². The van der Waals surface area contributed by atoms with Crippen LogP contribution < -0.4 is 0 Å². The van der Waals surface area contributed by atoms with Crippen molar-refractivity contribution in [2.75, 3.05) is 0 Å². The van der Waals surface area contributed by atoms with Gasteiger partial charge in [-0.15, -0.1) is 0 Å². The Hall–Kier alpha value is -4.34. The molecule has 0 unspecified atom stereocenters. The van der Waals surface area contributed by atoms with Crippen molar-refractivity contribution in [3.05, 3.63) is 156 Å². The Kier molecular flexibility index (Phi) is 10.5. The average molecular weight is 435 g/mol. The van der Waals surface area contributed by atoms with E-state index in [-0.39, 0.29) is 17.0 Å². The lowest BCUT2D eigenvalue weighted by Crippen LogP contribution is -1.92. The van der Waals surface area contributed by atoms with Crippen LogP contribution in [0.2, 0.25) is 0 Å². The van der Waals surface area contributed by atoms with Crippen molar-refractivity contribution in [3.63, 3.8) is 0 Å². The standard InChI is InChI=1S/2C15H12O.H2O/c2*16-15(14-9-5-2-6-10-14)12-11-13-7-3-1-4-8-13;/h2*1-12H;1H2. The lowest BCUT2D eigenvalue weighted by molar-refractivity contribution is 0.103. The van der Waals surface area contributed by atoms with Crippen LogP contribution in [0, 0.1) is 0 Å². The van der Waals surface area contributed by atoms with Crippen molar-refractivity contribution in [1.82, 2.24) is 0 Å². The summed E-state index contributed by atoms with van der Waals surface area (Å²) in [4.78, 5) is 23.5. The molecule has 4 aromatic rings. The second-order valence-corrected chi connectivity index (χ2v) is 6.95. The summed E-state index contributed by atoms with van der Waals surface area (Å²) >= 11 is 0. The van der Waals surface area contributed by atoms with Crippen LogP contribution >= 0.6 is 0 Å². The van der Waals surface area contributed by atoms with E-state index < -0.39 is 0 Å². The maximum atomic E-state index is 11.7. The predicted octanol–water partition coefficient (Wildman–Crippen LogP) is 6.34. The zero-order chi connectivity index (χ0) is 22.4. The van der Waals surface area contributed by atoms with Crippen molar-refractivity contribution in [2.45, 2.75) is 0 Å². The molecule has 0 bridgehead atoms. The molecule has 3 heteroatoms. The molecular weight excluding hydrogens is 408 g/mol. The molecule has 0 radical (unpaired) electrons. The molecule has 0 fully saturated rings. The number of carbonyl (C=O) groups is 2. The van der Waals surface area contributed by atoms with Gasteiger partial charge in [0.1, 0.15) is 0 Å². The number of hydrogen-bond acceptors (Lipinski definition) is 2. The highest BCUT2D eigenvalue weighted by atomic mass is 16.1. The molecule has 4 rings (SSSR count). The van der Waals surface area contributed by atoms with Crippen LogP contribution in [-0.2, 0) is 0 Å². The maximum Gasteiger partial charge on any atom is 0.185 e. The number of carbonyl (C=O) groups excluding carboxylic acids is 2. The summed E-state index contributed by atoms with van der Waals surface area (Å²) < 4.78 is 0. The third kappa shape index (κ3) is 8.74. The Morgan fingerprint density at radius 1 is 0.424 bits per heavy atom. The van der Waals surface area contributed by atoms with Crippen molar-refractivity contribution in [2.24, 2.45) is 0 Å². The van der Waals surface area contributed by atoms with Gasteiger partial charge in [-0.3, -0.25) is 9.59 Å². The molecule has 0 amide bonds. The number of allylic oxidation sites excluding steroid dienone is 2. The summed E-state index contributed by atoms with van der Waals surface area (Å²) in [6.07, 6.45) is 6.86. The smallest absolute Gasteiger partial charge is 0.185 e. The molecule has 3 nitrogen and oxygen atoms in total. The van der Waals surface area contributed by atoms with Gasteiger partial charge in [-0.25, -0.2) is 0 Å². The van der Waals surface area contributed by atoms with E-state index in [2.05, 4.69) is 0 Å². The summed E-state index contributed by atoms with van der Waals surface area (Å²) in [6.45, 7) is 0. The summed E-state index contributed by atoms with van der Waals surface area (Å²) in [7, 11) is 0. The topological polar surface area (TPSA) is 65.6 Å². The summed E-state index contributed by atoms with van der Waals surface area (Å²) in [5.41, 5.74) is 3.50. The number of benzene rings is 4. The monoisotopic (exact) mass is 434 g/mol. The molecule has 0 aliphatic heterocycles. The van der Waals surface area contributed by atoms with E-state index in [0.29, 0.717) is 0 Å². The highest BCUT2D eigenvalue weighted by Gasteiger charge is 1.99. The summed E-state index contributed by atoms with van der Waals surface area (Å²) in [5.74, 6) is 0.0638. The first-order chi connectivity index (χ1) is 15.7. The van der Waals surface area contributed by atoms with E-state index >= 15 is 0 Å². The maximum absolute atomic E-state index is 11.7. The van der Waals surface area contributed by atoms with Gasteiger partial charge >= 0.3 is 0 Å². The zero-order valence-corrected chi connectivity index (χ0v) is 18.2. The molecule has 0 atom stereocenters. The molecule has 0 aliphatic carbocycles. The molecule has 0 aromatic heterocycles. The van der Waals surface area contributed by atoms with E-state index in [1.807, 2.05) is 133 Å². The van der Waals surface area contributed by atoms with Crippen LogP contribution in [-0.4, -0.2) is 17.0 Å². The van der Waals surface area contributed by atoms with E-state index in [4.69, 9.17) is 0 Å². The normalized spacial score (nSPS) is 10.2. The summed E-state index contributed by atoms with van der Waals surface area (Å²) in [5, 5.41) is 0. The highest BCUT2D eigenvalue weighted by Crippen LogP contribution is 2.06. The van der Waals surface area contributed by atoms with Crippen LogP contribution in [0.3, 0.4) is 0 Å². The van der Waals surface area contributed by atoms with Crippen LogP contribution in [0.4, 0.5) is 0 Å². The first-order valence-corrected chi connectivity index (χ1v) is 10.4. The molecule has 164 valence electrons. The third-order valence-corrected chi connectivity index (χ3v) is 4.57.